The fourth-order valence-electron chi connectivity index (χ4n) is 1.91. The van der Waals surface area contributed by atoms with Crippen molar-refractivity contribution >= 4 is 28.5 Å². The van der Waals surface area contributed by atoms with E-state index < -0.39 is 5.97 Å². The number of esters is 1. The highest BCUT2D eigenvalue weighted by Crippen LogP contribution is 2.17. The lowest BCUT2D eigenvalue weighted by Crippen LogP contribution is -2.09. The van der Waals surface area contributed by atoms with Crippen LogP contribution in [0, 0.1) is 0 Å². The summed E-state index contributed by atoms with van der Waals surface area (Å²) in [6.07, 6.45) is 3.17. The largest absolute Gasteiger partial charge is 0.454 e. The van der Waals surface area contributed by atoms with E-state index in [0.29, 0.717) is 22.1 Å². The number of nitrogens with one attached hydrogen (secondary N) is 1. The van der Waals surface area contributed by atoms with Crippen molar-refractivity contribution in [1.29, 1.82) is 0 Å². The van der Waals surface area contributed by atoms with Gasteiger partial charge in [0.15, 0.2) is 0 Å². The topological polar surface area (TPSA) is 72.8 Å². The summed E-state index contributed by atoms with van der Waals surface area (Å²) in [5.74, 6) is 0.152. The van der Waals surface area contributed by atoms with Crippen LogP contribution < -0.4 is 0 Å². The molecule has 0 bridgehead atoms. The molecule has 0 amide bonds. The lowest BCUT2D eigenvalue weighted by atomic mass is 10.1. The van der Waals surface area contributed by atoms with Crippen LogP contribution in [0.2, 0.25) is 5.15 Å². The molecule has 6 nitrogen and oxygen atoms in total. The van der Waals surface area contributed by atoms with E-state index in [4.69, 9.17) is 16.3 Å². The zero-order valence-electron chi connectivity index (χ0n) is 10.6. The van der Waals surface area contributed by atoms with E-state index in [9.17, 15) is 4.79 Å². The van der Waals surface area contributed by atoms with Crippen LogP contribution in [0.25, 0.3) is 10.9 Å². The van der Waals surface area contributed by atoms with Crippen molar-refractivity contribution in [3.63, 3.8) is 0 Å². The molecule has 102 valence electrons. The molecule has 0 aliphatic rings. The summed E-state index contributed by atoms with van der Waals surface area (Å²) in [5, 5.41) is 8.06. The number of imidazole rings is 1. The van der Waals surface area contributed by atoms with Crippen LogP contribution in [-0.4, -0.2) is 25.7 Å². The summed E-state index contributed by atoms with van der Waals surface area (Å²) in [7, 11) is 1.76. The van der Waals surface area contributed by atoms with E-state index in [2.05, 4.69) is 15.2 Å². The number of rotatable bonds is 3. The van der Waals surface area contributed by atoms with Crippen LogP contribution >= 0.6 is 11.6 Å². The van der Waals surface area contributed by atoms with Crippen molar-refractivity contribution in [2.45, 2.75) is 6.61 Å². The summed E-state index contributed by atoms with van der Waals surface area (Å²) in [6.45, 7) is 0.0621. The molecule has 2 aromatic heterocycles. The first-order chi connectivity index (χ1) is 9.66. The summed E-state index contributed by atoms with van der Waals surface area (Å²) in [6, 6.07) is 5.34. The fourth-order valence-corrected chi connectivity index (χ4v) is 2.05. The molecule has 0 fully saturated rings. The number of carbonyl (C=O) groups excluding carboxylic acids is 1. The normalized spacial score (nSPS) is 10.9. The van der Waals surface area contributed by atoms with E-state index in [-0.39, 0.29) is 6.61 Å². The Labute approximate surface area is 119 Å². The molecule has 0 unspecified atom stereocenters. The Bertz CT molecular complexity index is 778. The predicted octanol–water partition coefficient (Wildman–Crippen LogP) is 2.31. The van der Waals surface area contributed by atoms with E-state index in [1.807, 2.05) is 6.07 Å². The standard InChI is InChI=1S/C13H11ClN4O2/c1-18-10(14)6-15-11(18)7-20-13(19)9-4-2-3-8-5-16-17-12(8)9/h2-6H,7H2,1H3,(H,16,17). The molecular formula is C13H11ClN4O2. The molecule has 0 radical (unpaired) electrons. The maximum atomic E-state index is 12.1. The Balaban J connectivity index is 1.80. The van der Waals surface area contributed by atoms with Gasteiger partial charge in [0.2, 0.25) is 0 Å². The summed E-state index contributed by atoms with van der Waals surface area (Å²) in [4.78, 5) is 16.2. The van der Waals surface area contributed by atoms with Gasteiger partial charge in [-0.15, -0.1) is 0 Å². The highest BCUT2D eigenvalue weighted by atomic mass is 35.5. The second kappa shape index (κ2) is 4.97. The molecule has 7 heteroatoms. The molecule has 0 atom stereocenters. The third-order valence-corrected chi connectivity index (χ3v) is 3.41. The van der Waals surface area contributed by atoms with Crippen molar-refractivity contribution in [3.8, 4) is 0 Å². The van der Waals surface area contributed by atoms with Crippen LogP contribution in [-0.2, 0) is 18.4 Å². The number of hydrogen-bond acceptors (Lipinski definition) is 4. The molecule has 0 saturated heterocycles. The van der Waals surface area contributed by atoms with Gasteiger partial charge in [-0.05, 0) is 6.07 Å². The van der Waals surface area contributed by atoms with Crippen molar-refractivity contribution in [2.24, 2.45) is 7.05 Å². The molecule has 3 aromatic rings. The SMILES string of the molecule is Cn1c(Cl)cnc1COC(=O)c1cccc2cn[nH]c12. The zero-order valence-corrected chi connectivity index (χ0v) is 11.4. The molecular weight excluding hydrogens is 280 g/mol. The van der Waals surface area contributed by atoms with Crippen molar-refractivity contribution in [2.75, 3.05) is 0 Å². The van der Waals surface area contributed by atoms with Crippen molar-refractivity contribution in [3.05, 3.63) is 47.1 Å². The number of halogens is 1. The smallest absolute Gasteiger partial charge is 0.340 e. The third kappa shape index (κ3) is 2.14. The number of aromatic nitrogens is 4. The highest BCUT2D eigenvalue weighted by molar-refractivity contribution is 6.29. The zero-order chi connectivity index (χ0) is 14.1. The van der Waals surface area contributed by atoms with Crippen molar-refractivity contribution < 1.29 is 9.53 Å². The van der Waals surface area contributed by atoms with Crippen LogP contribution in [0.15, 0.2) is 30.6 Å². The second-order valence-electron chi connectivity index (χ2n) is 4.27. The number of hydrogen-bond donors (Lipinski definition) is 1. The number of aromatic amines is 1. The minimum Gasteiger partial charge on any atom is -0.454 e. The Morgan fingerprint density at radius 1 is 1.45 bits per heavy atom. The first-order valence-electron chi connectivity index (χ1n) is 5.92. The number of para-hydroxylation sites is 1. The van der Waals surface area contributed by atoms with Gasteiger partial charge in [-0.2, -0.15) is 5.10 Å². The number of carbonyl (C=O) groups is 1. The monoisotopic (exact) mass is 290 g/mol. The maximum Gasteiger partial charge on any atom is 0.340 e. The molecule has 0 aliphatic carbocycles. The first-order valence-corrected chi connectivity index (χ1v) is 6.30. The average Bonchev–Trinajstić information content (AvgIpc) is 3.04. The van der Waals surface area contributed by atoms with E-state index in [0.717, 1.165) is 5.39 Å². The predicted molar refractivity (Wildman–Crippen MR) is 73.4 cm³/mol. The highest BCUT2D eigenvalue weighted by Gasteiger charge is 2.14. The quantitative estimate of drug-likeness (QED) is 0.751. The number of benzene rings is 1. The fraction of sp³-hybridized carbons (Fsp3) is 0.154. The average molecular weight is 291 g/mol. The van der Waals surface area contributed by atoms with Crippen LogP contribution in [0.1, 0.15) is 16.2 Å². The van der Waals surface area contributed by atoms with Gasteiger partial charge in [0.1, 0.15) is 17.6 Å². The van der Waals surface area contributed by atoms with Crippen LogP contribution in [0.5, 0.6) is 0 Å². The van der Waals surface area contributed by atoms with Gasteiger partial charge in [0.05, 0.1) is 23.5 Å². The van der Waals surface area contributed by atoms with Gasteiger partial charge in [0, 0.05) is 12.4 Å². The Hall–Kier alpha value is -2.34. The minimum atomic E-state index is -0.432. The van der Waals surface area contributed by atoms with Gasteiger partial charge in [-0.1, -0.05) is 23.7 Å². The van der Waals surface area contributed by atoms with Gasteiger partial charge in [-0.25, -0.2) is 9.78 Å². The molecule has 0 saturated carbocycles. The molecule has 1 aromatic carbocycles. The van der Waals surface area contributed by atoms with Crippen molar-refractivity contribution in [1.82, 2.24) is 19.7 Å². The van der Waals surface area contributed by atoms with Gasteiger partial charge >= 0.3 is 5.97 Å². The lowest BCUT2D eigenvalue weighted by Gasteiger charge is -2.06. The van der Waals surface area contributed by atoms with Gasteiger partial charge in [0.25, 0.3) is 0 Å². The molecule has 0 aliphatic heterocycles. The molecule has 20 heavy (non-hydrogen) atoms. The lowest BCUT2D eigenvalue weighted by molar-refractivity contribution is 0.0461. The number of ether oxygens (including phenoxy) is 1. The Kier molecular flexibility index (Phi) is 3.15. The Morgan fingerprint density at radius 2 is 2.30 bits per heavy atom. The number of fused-ring (bicyclic) bond motifs is 1. The van der Waals surface area contributed by atoms with Gasteiger partial charge < -0.3 is 9.30 Å². The third-order valence-electron chi connectivity index (χ3n) is 3.06. The first kappa shape index (κ1) is 12.7. The molecule has 3 rings (SSSR count). The van der Waals surface area contributed by atoms with Crippen LogP contribution in [0.3, 0.4) is 0 Å². The molecule has 2 heterocycles. The molecule has 1 N–H and O–H groups in total. The molecule has 0 spiro atoms. The van der Waals surface area contributed by atoms with E-state index >= 15 is 0 Å². The number of nitrogens with zero attached hydrogens (tertiary/aromatic N) is 3. The van der Waals surface area contributed by atoms with E-state index in [1.165, 1.54) is 6.20 Å². The van der Waals surface area contributed by atoms with Crippen LogP contribution in [0.4, 0.5) is 0 Å². The summed E-state index contributed by atoms with van der Waals surface area (Å²) >= 11 is 5.87. The summed E-state index contributed by atoms with van der Waals surface area (Å²) in [5.41, 5.74) is 1.11. The minimum absolute atomic E-state index is 0.0621. The Morgan fingerprint density at radius 3 is 3.05 bits per heavy atom. The van der Waals surface area contributed by atoms with Gasteiger partial charge in [-0.3, -0.25) is 5.10 Å². The number of H-pyrrole nitrogens is 1. The van der Waals surface area contributed by atoms with E-state index in [1.54, 1.807) is 29.9 Å². The maximum absolute atomic E-state index is 12.1. The second-order valence-corrected chi connectivity index (χ2v) is 4.66. The summed E-state index contributed by atoms with van der Waals surface area (Å²) < 4.78 is 6.92.